The molecule has 2 heterocycles. The Balaban J connectivity index is 2.20. The summed E-state index contributed by atoms with van der Waals surface area (Å²) in [4.78, 5) is 27.8. The zero-order valence-electron chi connectivity index (χ0n) is 8.13. The van der Waals surface area contributed by atoms with Gasteiger partial charge in [-0.05, 0) is 15.9 Å². The van der Waals surface area contributed by atoms with E-state index in [1.165, 1.54) is 11.1 Å². The monoisotopic (exact) mass is 285 g/mol. The third-order valence-corrected chi connectivity index (χ3v) is 2.65. The average Bonchev–Trinajstić information content (AvgIpc) is 2.62. The molecule has 0 aromatic carbocycles. The van der Waals surface area contributed by atoms with Gasteiger partial charge in [0.05, 0.1) is 12.1 Å². The Hall–Kier alpha value is -1.57. The van der Waals surface area contributed by atoms with Crippen molar-refractivity contribution in [2.24, 2.45) is 11.7 Å². The van der Waals surface area contributed by atoms with Gasteiger partial charge in [-0.2, -0.15) is 0 Å². The van der Waals surface area contributed by atoms with Crippen LogP contribution in [0.3, 0.4) is 0 Å². The molecular formula is C8H8BrN5O2. The van der Waals surface area contributed by atoms with Crippen LogP contribution < -0.4 is 10.6 Å². The van der Waals surface area contributed by atoms with Gasteiger partial charge in [0, 0.05) is 13.0 Å². The van der Waals surface area contributed by atoms with Crippen LogP contribution in [0.25, 0.3) is 0 Å². The molecule has 1 saturated heterocycles. The van der Waals surface area contributed by atoms with Gasteiger partial charge in [0.2, 0.25) is 11.8 Å². The van der Waals surface area contributed by atoms with Crippen LogP contribution in [0.5, 0.6) is 0 Å². The molecule has 0 bridgehead atoms. The Morgan fingerprint density at radius 1 is 1.56 bits per heavy atom. The van der Waals surface area contributed by atoms with Crippen LogP contribution in [0, 0.1) is 5.92 Å². The third kappa shape index (κ3) is 2.01. The molecule has 0 saturated carbocycles. The molecule has 2 rings (SSSR count). The number of primary amides is 1. The standard InChI is InChI=1S/C8H8BrN5O2/c9-5-2-11-8(13-12-5)14-3-4(7(10)16)1-6(14)15/h2,4H,1,3H2,(H2,10,16). The Labute approximate surface area is 99.2 Å². The smallest absolute Gasteiger partial charge is 0.252 e. The minimum atomic E-state index is -0.485. The fourth-order valence-electron chi connectivity index (χ4n) is 1.47. The number of carbonyl (C=O) groups is 2. The molecule has 1 aromatic rings. The first-order valence-electron chi connectivity index (χ1n) is 4.53. The number of nitrogens with zero attached hydrogens (tertiary/aromatic N) is 4. The molecule has 1 aliphatic heterocycles. The second-order valence-corrected chi connectivity index (χ2v) is 4.20. The number of amides is 2. The van der Waals surface area contributed by atoms with Crippen molar-refractivity contribution in [1.29, 1.82) is 0 Å². The first-order valence-corrected chi connectivity index (χ1v) is 5.32. The number of aromatic nitrogens is 3. The summed E-state index contributed by atoms with van der Waals surface area (Å²) in [5.74, 6) is -0.981. The molecule has 1 aliphatic rings. The molecule has 0 spiro atoms. The van der Waals surface area contributed by atoms with E-state index in [0.29, 0.717) is 4.60 Å². The Morgan fingerprint density at radius 3 is 2.81 bits per heavy atom. The lowest BCUT2D eigenvalue weighted by Gasteiger charge is -2.12. The molecule has 84 valence electrons. The number of hydrogen-bond donors (Lipinski definition) is 1. The zero-order chi connectivity index (χ0) is 11.7. The minimum Gasteiger partial charge on any atom is -0.369 e. The van der Waals surface area contributed by atoms with E-state index in [1.807, 2.05) is 0 Å². The van der Waals surface area contributed by atoms with Crippen LogP contribution >= 0.6 is 15.9 Å². The number of carbonyl (C=O) groups excluding carboxylic acids is 2. The number of nitrogens with two attached hydrogens (primary N) is 1. The summed E-state index contributed by atoms with van der Waals surface area (Å²) in [5, 5.41) is 7.47. The van der Waals surface area contributed by atoms with E-state index in [0.717, 1.165) is 0 Å². The van der Waals surface area contributed by atoms with Crippen LogP contribution in [0.4, 0.5) is 5.95 Å². The molecule has 16 heavy (non-hydrogen) atoms. The fraction of sp³-hybridized carbons (Fsp3) is 0.375. The van der Waals surface area contributed by atoms with Gasteiger partial charge in [0.1, 0.15) is 4.60 Å². The largest absolute Gasteiger partial charge is 0.369 e. The number of anilines is 1. The summed E-state index contributed by atoms with van der Waals surface area (Å²) in [6.07, 6.45) is 1.54. The molecule has 8 heteroatoms. The number of hydrogen-bond acceptors (Lipinski definition) is 5. The maximum Gasteiger partial charge on any atom is 0.252 e. The Morgan fingerprint density at radius 2 is 2.31 bits per heavy atom. The number of rotatable bonds is 2. The second kappa shape index (κ2) is 4.12. The van der Waals surface area contributed by atoms with Crippen molar-refractivity contribution in [1.82, 2.24) is 15.2 Å². The van der Waals surface area contributed by atoms with Gasteiger partial charge in [0.15, 0.2) is 0 Å². The molecule has 1 fully saturated rings. The second-order valence-electron chi connectivity index (χ2n) is 3.39. The van der Waals surface area contributed by atoms with Gasteiger partial charge < -0.3 is 5.73 Å². The van der Waals surface area contributed by atoms with Crippen LogP contribution in [-0.4, -0.2) is 33.5 Å². The summed E-state index contributed by atoms with van der Waals surface area (Å²) in [7, 11) is 0. The van der Waals surface area contributed by atoms with Crippen molar-refractivity contribution in [2.45, 2.75) is 6.42 Å². The van der Waals surface area contributed by atoms with Crippen LogP contribution in [0.15, 0.2) is 10.8 Å². The molecular weight excluding hydrogens is 278 g/mol. The SMILES string of the molecule is NC(=O)C1CC(=O)N(c2ncc(Br)nn2)C1. The molecule has 2 N–H and O–H groups in total. The van der Waals surface area contributed by atoms with Crippen molar-refractivity contribution in [3.05, 3.63) is 10.8 Å². The lowest BCUT2D eigenvalue weighted by molar-refractivity contribution is -0.123. The minimum absolute atomic E-state index is 0.106. The van der Waals surface area contributed by atoms with Crippen molar-refractivity contribution in [2.75, 3.05) is 11.4 Å². The van der Waals surface area contributed by atoms with Gasteiger partial charge in [-0.25, -0.2) is 4.98 Å². The average molecular weight is 286 g/mol. The Kier molecular flexibility index (Phi) is 2.82. The highest BCUT2D eigenvalue weighted by molar-refractivity contribution is 9.10. The maximum atomic E-state index is 11.6. The van der Waals surface area contributed by atoms with Crippen molar-refractivity contribution >= 4 is 33.7 Å². The Bertz CT molecular complexity index is 435. The molecule has 0 aliphatic carbocycles. The van der Waals surface area contributed by atoms with E-state index < -0.39 is 11.8 Å². The molecule has 0 radical (unpaired) electrons. The maximum absolute atomic E-state index is 11.6. The van der Waals surface area contributed by atoms with Crippen LogP contribution in [0.1, 0.15) is 6.42 Å². The summed E-state index contributed by atoms with van der Waals surface area (Å²) >= 11 is 3.09. The van der Waals surface area contributed by atoms with E-state index in [-0.39, 0.29) is 24.8 Å². The summed E-state index contributed by atoms with van der Waals surface area (Å²) in [6.45, 7) is 0.220. The van der Waals surface area contributed by atoms with E-state index >= 15 is 0 Å². The van der Waals surface area contributed by atoms with Crippen molar-refractivity contribution < 1.29 is 9.59 Å². The summed E-state index contributed by atoms with van der Waals surface area (Å²) in [5.41, 5.74) is 5.14. The number of halogens is 1. The van der Waals surface area contributed by atoms with Crippen LogP contribution in [0.2, 0.25) is 0 Å². The first kappa shape index (κ1) is 10.9. The third-order valence-electron chi connectivity index (χ3n) is 2.29. The van der Waals surface area contributed by atoms with Crippen molar-refractivity contribution in [3.8, 4) is 0 Å². The molecule has 1 atom stereocenters. The van der Waals surface area contributed by atoms with Gasteiger partial charge in [-0.15, -0.1) is 10.2 Å². The normalized spacial score (nSPS) is 20.2. The van der Waals surface area contributed by atoms with Gasteiger partial charge in [0.25, 0.3) is 5.95 Å². The van der Waals surface area contributed by atoms with E-state index in [2.05, 4.69) is 31.1 Å². The van der Waals surface area contributed by atoms with Gasteiger partial charge in [-0.3, -0.25) is 14.5 Å². The predicted octanol–water partition coefficient (Wildman–Crippen LogP) is -0.528. The highest BCUT2D eigenvalue weighted by atomic mass is 79.9. The van der Waals surface area contributed by atoms with Crippen LogP contribution in [-0.2, 0) is 9.59 Å². The quantitative estimate of drug-likeness (QED) is 0.787. The zero-order valence-corrected chi connectivity index (χ0v) is 9.72. The topological polar surface area (TPSA) is 102 Å². The first-order chi connectivity index (χ1) is 7.58. The van der Waals surface area contributed by atoms with Gasteiger partial charge in [-0.1, -0.05) is 0 Å². The fourth-order valence-corrected chi connectivity index (χ4v) is 1.65. The molecule has 1 unspecified atom stereocenters. The van der Waals surface area contributed by atoms with E-state index in [9.17, 15) is 9.59 Å². The van der Waals surface area contributed by atoms with Crippen molar-refractivity contribution in [3.63, 3.8) is 0 Å². The van der Waals surface area contributed by atoms with E-state index in [4.69, 9.17) is 5.73 Å². The molecule has 2 amide bonds. The van der Waals surface area contributed by atoms with E-state index in [1.54, 1.807) is 0 Å². The molecule has 1 aromatic heterocycles. The molecule has 7 nitrogen and oxygen atoms in total. The lowest BCUT2D eigenvalue weighted by atomic mass is 10.1. The highest BCUT2D eigenvalue weighted by Crippen LogP contribution is 2.21. The highest BCUT2D eigenvalue weighted by Gasteiger charge is 2.35. The lowest BCUT2D eigenvalue weighted by Crippen LogP contribution is -2.29. The van der Waals surface area contributed by atoms with Gasteiger partial charge >= 0.3 is 0 Å². The summed E-state index contributed by atoms with van der Waals surface area (Å²) < 4.78 is 0.481. The predicted molar refractivity (Wildman–Crippen MR) is 57.2 cm³/mol. The summed E-state index contributed by atoms with van der Waals surface area (Å²) in [6, 6.07) is 0.